The minimum Gasteiger partial charge on any atom is -0.337 e. The van der Waals surface area contributed by atoms with E-state index in [0.717, 1.165) is 50.4 Å². The van der Waals surface area contributed by atoms with E-state index in [1.54, 1.807) is 0 Å². The summed E-state index contributed by atoms with van der Waals surface area (Å²) in [6.07, 6.45) is 5.03. The van der Waals surface area contributed by atoms with Gasteiger partial charge in [0.25, 0.3) is 5.91 Å². The highest BCUT2D eigenvalue weighted by Gasteiger charge is 2.20. The molecule has 144 valence electrons. The lowest BCUT2D eigenvalue weighted by molar-refractivity contribution is 0.0761. The minimum absolute atomic E-state index is 0.136. The van der Waals surface area contributed by atoms with Gasteiger partial charge in [0.15, 0.2) is 0 Å². The summed E-state index contributed by atoms with van der Waals surface area (Å²) in [7, 11) is 0. The molecule has 2 heterocycles. The Hall–Kier alpha value is -2.85. The summed E-state index contributed by atoms with van der Waals surface area (Å²) < 4.78 is 2.05. The summed E-state index contributed by atoms with van der Waals surface area (Å²) >= 11 is 0. The molecular weight excluding hydrogens is 346 g/mol. The van der Waals surface area contributed by atoms with Crippen LogP contribution in [0.4, 0.5) is 0 Å². The van der Waals surface area contributed by atoms with Gasteiger partial charge in [0.1, 0.15) is 0 Å². The van der Waals surface area contributed by atoms with Crippen LogP contribution in [-0.2, 0) is 6.54 Å². The van der Waals surface area contributed by atoms with E-state index in [1.165, 1.54) is 11.1 Å². The maximum absolute atomic E-state index is 13.0. The zero-order valence-corrected chi connectivity index (χ0v) is 16.4. The number of amides is 1. The second-order valence-electron chi connectivity index (χ2n) is 7.49. The highest BCUT2D eigenvalue weighted by atomic mass is 16.2. The average Bonchev–Trinajstić information content (AvgIpc) is 3.16. The molecule has 1 aromatic heterocycles. The Kier molecular flexibility index (Phi) is 5.58. The van der Waals surface area contributed by atoms with E-state index in [9.17, 15) is 4.79 Å². The van der Waals surface area contributed by atoms with E-state index < -0.39 is 0 Å². The molecule has 2 aromatic carbocycles. The molecule has 4 heteroatoms. The number of hydrogen-bond donors (Lipinski definition) is 0. The van der Waals surface area contributed by atoms with Crippen molar-refractivity contribution in [3.63, 3.8) is 0 Å². The lowest BCUT2D eigenvalue weighted by Gasteiger charge is -2.23. The highest BCUT2D eigenvalue weighted by molar-refractivity contribution is 5.94. The number of hydrogen-bond acceptors (Lipinski definition) is 2. The van der Waals surface area contributed by atoms with Gasteiger partial charge in [-0.2, -0.15) is 0 Å². The van der Waals surface area contributed by atoms with Crippen molar-refractivity contribution < 1.29 is 4.79 Å². The van der Waals surface area contributed by atoms with Crippen LogP contribution in [0.1, 0.15) is 27.9 Å². The van der Waals surface area contributed by atoms with Gasteiger partial charge < -0.3 is 9.47 Å². The lowest BCUT2D eigenvalue weighted by atomic mass is 10.1. The van der Waals surface area contributed by atoms with E-state index >= 15 is 0 Å². The fraction of sp³-hybridized carbons (Fsp3) is 0.292. The molecule has 28 heavy (non-hydrogen) atoms. The first-order chi connectivity index (χ1) is 13.7. The summed E-state index contributed by atoms with van der Waals surface area (Å²) in [4.78, 5) is 17.4. The molecule has 3 aromatic rings. The standard InChI is InChI=1S/C24H27N3O/c1-20-7-2-3-8-22(20)19-25-13-6-16-27(18-17-25)24(28)21-9-11-23(12-10-21)26-14-4-5-15-26/h2-5,7-12,14-15H,6,13,16-19H2,1H3. The zero-order valence-electron chi connectivity index (χ0n) is 16.4. The Morgan fingerprint density at radius 1 is 0.857 bits per heavy atom. The van der Waals surface area contributed by atoms with Crippen molar-refractivity contribution in [3.8, 4) is 5.69 Å². The van der Waals surface area contributed by atoms with E-state index in [-0.39, 0.29) is 5.91 Å². The van der Waals surface area contributed by atoms with Crippen molar-refractivity contribution >= 4 is 5.91 Å². The van der Waals surface area contributed by atoms with E-state index in [0.29, 0.717) is 0 Å². The number of aromatic nitrogens is 1. The second-order valence-corrected chi connectivity index (χ2v) is 7.49. The van der Waals surface area contributed by atoms with Crippen LogP contribution in [0.25, 0.3) is 5.69 Å². The molecule has 0 aliphatic carbocycles. The summed E-state index contributed by atoms with van der Waals surface area (Å²) in [5, 5.41) is 0. The predicted molar refractivity (Wildman–Crippen MR) is 113 cm³/mol. The van der Waals surface area contributed by atoms with Crippen LogP contribution in [-0.4, -0.2) is 46.5 Å². The van der Waals surface area contributed by atoms with Crippen LogP contribution in [0.15, 0.2) is 73.1 Å². The smallest absolute Gasteiger partial charge is 0.253 e. The molecule has 0 bridgehead atoms. The number of carbonyl (C=O) groups is 1. The van der Waals surface area contributed by atoms with E-state index in [2.05, 4.69) is 36.1 Å². The molecular formula is C24H27N3O. The fourth-order valence-electron chi connectivity index (χ4n) is 3.83. The largest absolute Gasteiger partial charge is 0.337 e. The van der Waals surface area contributed by atoms with Crippen LogP contribution < -0.4 is 0 Å². The van der Waals surface area contributed by atoms with Crippen molar-refractivity contribution in [3.05, 3.63) is 89.7 Å². The topological polar surface area (TPSA) is 28.5 Å². The molecule has 0 spiro atoms. The molecule has 1 saturated heterocycles. The quantitative estimate of drug-likeness (QED) is 0.688. The number of nitrogens with zero attached hydrogens (tertiary/aromatic N) is 3. The third-order valence-corrected chi connectivity index (χ3v) is 5.55. The Balaban J connectivity index is 1.38. The van der Waals surface area contributed by atoms with Crippen molar-refractivity contribution in [1.82, 2.24) is 14.4 Å². The van der Waals surface area contributed by atoms with E-state index in [4.69, 9.17) is 0 Å². The van der Waals surface area contributed by atoms with Gasteiger partial charge in [-0.3, -0.25) is 9.69 Å². The number of carbonyl (C=O) groups excluding carboxylic acids is 1. The minimum atomic E-state index is 0.136. The maximum atomic E-state index is 13.0. The van der Waals surface area contributed by atoms with Gasteiger partial charge in [-0.25, -0.2) is 0 Å². The van der Waals surface area contributed by atoms with E-state index in [1.807, 2.05) is 58.3 Å². The molecule has 1 aliphatic rings. The van der Waals surface area contributed by atoms with Gasteiger partial charge in [-0.05, 0) is 60.9 Å². The molecule has 1 amide bonds. The third-order valence-electron chi connectivity index (χ3n) is 5.55. The van der Waals surface area contributed by atoms with Crippen molar-refractivity contribution in [2.24, 2.45) is 0 Å². The highest BCUT2D eigenvalue weighted by Crippen LogP contribution is 2.16. The molecule has 0 N–H and O–H groups in total. The molecule has 1 fully saturated rings. The summed E-state index contributed by atoms with van der Waals surface area (Å²) in [6, 6.07) is 20.5. The molecule has 4 rings (SSSR count). The van der Waals surface area contributed by atoms with Crippen LogP contribution in [0.2, 0.25) is 0 Å². The normalized spacial score (nSPS) is 15.4. The summed E-state index contributed by atoms with van der Waals surface area (Å²) in [5.74, 6) is 0.136. The molecule has 0 saturated carbocycles. The molecule has 0 atom stereocenters. The Bertz CT molecular complexity index is 915. The van der Waals surface area contributed by atoms with Crippen LogP contribution >= 0.6 is 0 Å². The molecule has 1 aliphatic heterocycles. The third kappa shape index (κ3) is 4.18. The average molecular weight is 374 g/mol. The number of aryl methyl sites for hydroxylation is 1. The molecule has 0 unspecified atom stereocenters. The number of benzene rings is 2. The monoisotopic (exact) mass is 373 g/mol. The van der Waals surface area contributed by atoms with Crippen molar-refractivity contribution in [2.75, 3.05) is 26.2 Å². The maximum Gasteiger partial charge on any atom is 0.253 e. The Morgan fingerprint density at radius 3 is 2.36 bits per heavy atom. The molecule has 0 radical (unpaired) electrons. The van der Waals surface area contributed by atoms with Crippen LogP contribution in [0.3, 0.4) is 0 Å². The van der Waals surface area contributed by atoms with Crippen molar-refractivity contribution in [1.29, 1.82) is 0 Å². The van der Waals surface area contributed by atoms with Gasteiger partial charge in [-0.1, -0.05) is 24.3 Å². The summed E-state index contributed by atoms with van der Waals surface area (Å²) in [6.45, 7) is 6.68. The Morgan fingerprint density at radius 2 is 1.61 bits per heavy atom. The summed E-state index contributed by atoms with van der Waals surface area (Å²) in [5.41, 5.74) is 4.55. The molecule has 4 nitrogen and oxygen atoms in total. The lowest BCUT2D eigenvalue weighted by Crippen LogP contribution is -2.35. The first-order valence-corrected chi connectivity index (χ1v) is 10.0. The second kappa shape index (κ2) is 8.44. The van der Waals surface area contributed by atoms with Gasteiger partial charge in [-0.15, -0.1) is 0 Å². The van der Waals surface area contributed by atoms with Gasteiger partial charge >= 0.3 is 0 Å². The van der Waals surface area contributed by atoms with Crippen LogP contribution in [0.5, 0.6) is 0 Å². The first-order valence-electron chi connectivity index (χ1n) is 10.0. The van der Waals surface area contributed by atoms with Gasteiger partial charge in [0.05, 0.1) is 0 Å². The number of rotatable bonds is 4. The van der Waals surface area contributed by atoms with Gasteiger partial charge in [0.2, 0.25) is 0 Å². The SMILES string of the molecule is Cc1ccccc1CN1CCCN(C(=O)c2ccc(-n3cccc3)cc2)CC1. The van der Waals surface area contributed by atoms with Crippen molar-refractivity contribution in [2.45, 2.75) is 19.9 Å². The van der Waals surface area contributed by atoms with Crippen LogP contribution in [0, 0.1) is 6.92 Å². The first kappa shape index (κ1) is 18.5. The zero-order chi connectivity index (χ0) is 19.3. The predicted octanol–water partition coefficient (Wildman–Crippen LogP) is 4.13. The fourth-order valence-corrected chi connectivity index (χ4v) is 3.83. The Labute approximate surface area is 167 Å². The van der Waals surface area contributed by atoms with Gasteiger partial charge in [0, 0.05) is 56.4 Å².